The number of hydrogen-bond acceptors (Lipinski definition) is 2. The Hall–Kier alpha value is -1.02. The largest absolute Gasteiger partial charge is 0.485 e. The SMILES string of the molecule is Cc1cccc(OC2(CO)CCCCC2)c1C. The van der Waals surface area contributed by atoms with Gasteiger partial charge in [0.2, 0.25) is 0 Å². The molecule has 0 bridgehead atoms. The van der Waals surface area contributed by atoms with Crippen molar-refractivity contribution in [1.82, 2.24) is 0 Å². The summed E-state index contributed by atoms with van der Waals surface area (Å²) in [4.78, 5) is 0. The lowest BCUT2D eigenvalue weighted by Gasteiger charge is -2.36. The lowest BCUT2D eigenvalue weighted by atomic mass is 9.85. The Morgan fingerprint density at radius 3 is 2.53 bits per heavy atom. The zero-order chi connectivity index (χ0) is 12.3. The van der Waals surface area contributed by atoms with Crippen LogP contribution in [0.1, 0.15) is 43.2 Å². The van der Waals surface area contributed by atoms with E-state index in [9.17, 15) is 5.11 Å². The van der Waals surface area contributed by atoms with Crippen LogP contribution in [0.5, 0.6) is 5.75 Å². The molecule has 2 nitrogen and oxygen atoms in total. The quantitative estimate of drug-likeness (QED) is 0.868. The smallest absolute Gasteiger partial charge is 0.132 e. The van der Waals surface area contributed by atoms with E-state index < -0.39 is 0 Å². The number of hydrogen-bond donors (Lipinski definition) is 1. The molecule has 1 fully saturated rings. The third-order valence-corrected chi connectivity index (χ3v) is 3.93. The second-order valence-corrected chi connectivity index (χ2v) is 5.20. The van der Waals surface area contributed by atoms with Crippen LogP contribution in [0.25, 0.3) is 0 Å². The molecular formula is C15H22O2. The highest BCUT2D eigenvalue weighted by atomic mass is 16.5. The number of ether oxygens (including phenoxy) is 1. The van der Waals surface area contributed by atoms with Gasteiger partial charge in [0.1, 0.15) is 11.4 Å². The summed E-state index contributed by atoms with van der Waals surface area (Å²) >= 11 is 0. The Morgan fingerprint density at radius 1 is 1.18 bits per heavy atom. The third kappa shape index (κ3) is 2.63. The van der Waals surface area contributed by atoms with Gasteiger partial charge in [-0.1, -0.05) is 18.6 Å². The molecular weight excluding hydrogens is 212 g/mol. The topological polar surface area (TPSA) is 29.5 Å². The normalized spacial score (nSPS) is 19.0. The predicted octanol–water partition coefficient (Wildman–Crippen LogP) is 3.38. The summed E-state index contributed by atoms with van der Waals surface area (Å²) in [6.07, 6.45) is 5.52. The van der Waals surface area contributed by atoms with Gasteiger partial charge >= 0.3 is 0 Å². The van der Waals surface area contributed by atoms with Crippen LogP contribution in [0.15, 0.2) is 18.2 Å². The molecule has 2 rings (SSSR count). The van der Waals surface area contributed by atoms with Crippen LogP contribution >= 0.6 is 0 Å². The van der Waals surface area contributed by atoms with E-state index in [4.69, 9.17) is 4.74 Å². The molecule has 1 N–H and O–H groups in total. The van der Waals surface area contributed by atoms with Gasteiger partial charge < -0.3 is 9.84 Å². The Bertz CT molecular complexity index is 379. The van der Waals surface area contributed by atoms with Crippen LogP contribution in [0.4, 0.5) is 0 Å². The molecule has 1 aromatic rings. The summed E-state index contributed by atoms with van der Waals surface area (Å²) in [5, 5.41) is 9.64. The van der Waals surface area contributed by atoms with E-state index in [2.05, 4.69) is 19.9 Å². The number of aryl methyl sites for hydroxylation is 1. The van der Waals surface area contributed by atoms with Crippen molar-refractivity contribution in [2.45, 2.75) is 51.6 Å². The first-order valence-electron chi connectivity index (χ1n) is 6.53. The molecule has 17 heavy (non-hydrogen) atoms. The van der Waals surface area contributed by atoms with Crippen molar-refractivity contribution in [3.05, 3.63) is 29.3 Å². The van der Waals surface area contributed by atoms with E-state index in [0.29, 0.717) is 0 Å². The van der Waals surface area contributed by atoms with Gasteiger partial charge in [0.15, 0.2) is 0 Å². The summed E-state index contributed by atoms with van der Waals surface area (Å²) in [6.45, 7) is 4.30. The molecule has 94 valence electrons. The number of rotatable bonds is 3. The fraction of sp³-hybridized carbons (Fsp3) is 0.600. The third-order valence-electron chi connectivity index (χ3n) is 3.93. The maximum atomic E-state index is 9.64. The summed E-state index contributed by atoms with van der Waals surface area (Å²) in [6, 6.07) is 6.12. The highest BCUT2D eigenvalue weighted by Gasteiger charge is 2.33. The molecule has 0 aliphatic heterocycles. The zero-order valence-corrected chi connectivity index (χ0v) is 10.8. The van der Waals surface area contributed by atoms with E-state index >= 15 is 0 Å². The zero-order valence-electron chi connectivity index (χ0n) is 10.8. The fourth-order valence-corrected chi connectivity index (χ4v) is 2.56. The van der Waals surface area contributed by atoms with Crippen LogP contribution in [0.3, 0.4) is 0 Å². The van der Waals surface area contributed by atoms with Crippen LogP contribution in [-0.4, -0.2) is 17.3 Å². The monoisotopic (exact) mass is 234 g/mol. The van der Waals surface area contributed by atoms with Crippen LogP contribution < -0.4 is 4.74 Å². The molecule has 0 aromatic heterocycles. The van der Waals surface area contributed by atoms with E-state index in [1.165, 1.54) is 17.5 Å². The summed E-state index contributed by atoms with van der Waals surface area (Å²) < 4.78 is 6.15. The van der Waals surface area contributed by atoms with Crippen molar-refractivity contribution in [2.24, 2.45) is 0 Å². The standard InChI is InChI=1S/C15H22O2/c1-12-7-6-8-14(13(12)2)17-15(11-16)9-4-3-5-10-15/h6-8,16H,3-5,9-11H2,1-2H3. The molecule has 1 saturated carbocycles. The molecule has 0 amide bonds. The van der Waals surface area contributed by atoms with Crippen molar-refractivity contribution in [3.8, 4) is 5.75 Å². The number of aliphatic hydroxyl groups is 1. The van der Waals surface area contributed by atoms with Crippen LogP contribution in [0.2, 0.25) is 0 Å². The molecule has 0 unspecified atom stereocenters. The van der Waals surface area contributed by atoms with Gasteiger partial charge in [0, 0.05) is 0 Å². The first-order valence-corrected chi connectivity index (χ1v) is 6.53. The van der Waals surface area contributed by atoms with Crippen molar-refractivity contribution >= 4 is 0 Å². The van der Waals surface area contributed by atoms with Gasteiger partial charge in [-0.2, -0.15) is 0 Å². The Balaban J connectivity index is 2.20. The van der Waals surface area contributed by atoms with E-state index in [-0.39, 0.29) is 12.2 Å². The predicted molar refractivity (Wildman–Crippen MR) is 69.4 cm³/mol. The molecule has 1 aliphatic carbocycles. The molecule has 0 saturated heterocycles. The maximum absolute atomic E-state index is 9.64. The molecule has 0 atom stereocenters. The fourth-order valence-electron chi connectivity index (χ4n) is 2.56. The van der Waals surface area contributed by atoms with Gasteiger partial charge in [-0.05, 0) is 56.7 Å². The molecule has 0 heterocycles. The van der Waals surface area contributed by atoms with Gasteiger partial charge in [-0.3, -0.25) is 0 Å². The Kier molecular flexibility index (Phi) is 3.72. The Labute approximate surface area is 104 Å². The van der Waals surface area contributed by atoms with Crippen molar-refractivity contribution < 1.29 is 9.84 Å². The average Bonchev–Trinajstić information content (AvgIpc) is 2.36. The molecule has 0 spiro atoms. The van der Waals surface area contributed by atoms with Gasteiger partial charge in [0.05, 0.1) is 6.61 Å². The van der Waals surface area contributed by atoms with E-state index in [0.717, 1.165) is 31.4 Å². The highest BCUT2D eigenvalue weighted by Crippen LogP contribution is 2.34. The van der Waals surface area contributed by atoms with E-state index in [1.54, 1.807) is 0 Å². The molecule has 0 radical (unpaired) electrons. The lowest BCUT2D eigenvalue weighted by Crippen LogP contribution is -2.42. The highest BCUT2D eigenvalue weighted by molar-refractivity contribution is 5.38. The van der Waals surface area contributed by atoms with Crippen LogP contribution in [0, 0.1) is 13.8 Å². The lowest BCUT2D eigenvalue weighted by molar-refractivity contribution is -0.0203. The minimum atomic E-state index is -0.337. The summed E-state index contributed by atoms with van der Waals surface area (Å²) in [5.41, 5.74) is 2.09. The summed E-state index contributed by atoms with van der Waals surface area (Å²) in [7, 11) is 0. The van der Waals surface area contributed by atoms with Crippen LogP contribution in [-0.2, 0) is 0 Å². The maximum Gasteiger partial charge on any atom is 0.132 e. The number of aliphatic hydroxyl groups excluding tert-OH is 1. The second-order valence-electron chi connectivity index (χ2n) is 5.20. The minimum absolute atomic E-state index is 0.125. The van der Waals surface area contributed by atoms with E-state index in [1.807, 2.05) is 12.1 Å². The van der Waals surface area contributed by atoms with Crippen molar-refractivity contribution in [3.63, 3.8) is 0 Å². The first-order chi connectivity index (χ1) is 8.17. The molecule has 2 heteroatoms. The van der Waals surface area contributed by atoms with Gasteiger partial charge in [0.25, 0.3) is 0 Å². The minimum Gasteiger partial charge on any atom is -0.485 e. The second kappa shape index (κ2) is 5.09. The van der Waals surface area contributed by atoms with Gasteiger partial charge in [-0.25, -0.2) is 0 Å². The Morgan fingerprint density at radius 2 is 1.88 bits per heavy atom. The van der Waals surface area contributed by atoms with Crippen molar-refractivity contribution in [2.75, 3.05) is 6.61 Å². The summed E-state index contributed by atoms with van der Waals surface area (Å²) in [5.74, 6) is 0.931. The van der Waals surface area contributed by atoms with Crippen molar-refractivity contribution in [1.29, 1.82) is 0 Å². The molecule has 1 aliphatic rings. The average molecular weight is 234 g/mol. The first kappa shape index (κ1) is 12.4. The van der Waals surface area contributed by atoms with Gasteiger partial charge in [-0.15, -0.1) is 0 Å². The molecule has 1 aromatic carbocycles. The number of benzene rings is 1.